The Morgan fingerprint density at radius 2 is 2.10 bits per heavy atom. The van der Waals surface area contributed by atoms with Gasteiger partial charge in [0.05, 0.1) is 6.42 Å². The number of ketones is 1. The standard InChI is InChI=1S/C21H25N3O6/c1-13-8-19(25)16(17(13)11-24(28)29)9-21(27)30-12-20(26)22-7-6-14-10-23-18-5-3-2-4-15(14)18/h2-5,10,13,16-17,23H,6-9,11-12H2,1H3,(H,22,26)/t13-,16+,17-/m1/s1. The number of Topliss-reactive ketones (excluding diaryl/α,β-unsaturated/α-hetero) is 1. The summed E-state index contributed by atoms with van der Waals surface area (Å²) < 4.78 is 4.98. The molecule has 2 aromatic rings. The molecule has 0 bridgehead atoms. The number of H-pyrrole nitrogens is 1. The first-order valence-corrected chi connectivity index (χ1v) is 9.97. The Hall–Kier alpha value is -3.23. The molecule has 1 aliphatic rings. The molecule has 30 heavy (non-hydrogen) atoms. The van der Waals surface area contributed by atoms with Crippen molar-refractivity contribution >= 4 is 28.6 Å². The molecular formula is C21H25N3O6. The van der Waals surface area contributed by atoms with E-state index in [9.17, 15) is 24.5 Å². The molecule has 1 aromatic carbocycles. The number of hydrogen-bond acceptors (Lipinski definition) is 6. The Morgan fingerprint density at radius 1 is 1.33 bits per heavy atom. The zero-order chi connectivity index (χ0) is 21.7. The van der Waals surface area contributed by atoms with Gasteiger partial charge in [-0.3, -0.25) is 24.5 Å². The summed E-state index contributed by atoms with van der Waals surface area (Å²) in [4.78, 5) is 49.6. The molecule has 0 aliphatic heterocycles. The molecule has 3 atom stereocenters. The highest BCUT2D eigenvalue weighted by Crippen LogP contribution is 2.36. The minimum absolute atomic E-state index is 0.145. The summed E-state index contributed by atoms with van der Waals surface area (Å²) in [5.74, 6) is -2.63. The second kappa shape index (κ2) is 9.51. The summed E-state index contributed by atoms with van der Waals surface area (Å²) in [7, 11) is 0. The Balaban J connectivity index is 1.41. The Kier molecular flexibility index (Phi) is 6.81. The van der Waals surface area contributed by atoms with Crippen molar-refractivity contribution in [1.82, 2.24) is 10.3 Å². The van der Waals surface area contributed by atoms with Crippen LogP contribution in [0.25, 0.3) is 10.9 Å². The fourth-order valence-corrected chi connectivity index (χ4v) is 4.11. The van der Waals surface area contributed by atoms with Crippen molar-refractivity contribution in [3.8, 4) is 0 Å². The summed E-state index contributed by atoms with van der Waals surface area (Å²) in [5, 5.41) is 14.6. The SMILES string of the molecule is C[C@@H]1CC(=O)[C@@H](CC(=O)OCC(=O)NCCc2c[nH]c3ccccc23)[C@@H]1C[N+](=O)[O-]. The molecular weight excluding hydrogens is 390 g/mol. The average molecular weight is 415 g/mol. The molecule has 1 fully saturated rings. The van der Waals surface area contributed by atoms with E-state index >= 15 is 0 Å². The van der Waals surface area contributed by atoms with E-state index in [0.717, 1.165) is 16.5 Å². The predicted octanol–water partition coefficient (Wildman–Crippen LogP) is 1.88. The fraction of sp³-hybridized carbons (Fsp3) is 0.476. The van der Waals surface area contributed by atoms with Gasteiger partial charge in [-0.1, -0.05) is 25.1 Å². The summed E-state index contributed by atoms with van der Waals surface area (Å²) in [5.41, 5.74) is 2.10. The van der Waals surface area contributed by atoms with Crippen LogP contribution in [0.5, 0.6) is 0 Å². The van der Waals surface area contributed by atoms with Crippen molar-refractivity contribution in [2.75, 3.05) is 19.7 Å². The van der Waals surface area contributed by atoms with Crippen LogP contribution in [-0.4, -0.2) is 47.3 Å². The highest BCUT2D eigenvalue weighted by Gasteiger charge is 2.44. The van der Waals surface area contributed by atoms with Gasteiger partial charge in [-0.15, -0.1) is 0 Å². The lowest BCUT2D eigenvalue weighted by atomic mass is 9.88. The van der Waals surface area contributed by atoms with Gasteiger partial charge in [0.25, 0.3) is 5.91 Å². The van der Waals surface area contributed by atoms with Gasteiger partial charge >= 0.3 is 5.97 Å². The van der Waals surface area contributed by atoms with Crippen LogP contribution >= 0.6 is 0 Å². The van der Waals surface area contributed by atoms with Crippen molar-refractivity contribution in [3.63, 3.8) is 0 Å². The summed E-state index contributed by atoms with van der Waals surface area (Å²) in [6, 6.07) is 7.87. The van der Waals surface area contributed by atoms with Crippen molar-refractivity contribution in [2.45, 2.75) is 26.2 Å². The fourth-order valence-electron chi connectivity index (χ4n) is 4.11. The van der Waals surface area contributed by atoms with Gasteiger partial charge in [-0.05, 0) is 24.0 Å². The molecule has 1 heterocycles. The summed E-state index contributed by atoms with van der Waals surface area (Å²) >= 11 is 0. The third-order valence-corrected chi connectivity index (χ3v) is 5.69. The van der Waals surface area contributed by atoms with Gasteiger partial charge in [0.1, 0.15) is 5.78 Å². The number of hydrogen-bond donors (Lipinski definition) is 2. The molecule has 0 radical (unpaired) electrons. The molecule has 0 spiro atoms. The van der Waals surface area contributed by atoms with E-state index in [4.69, 9.17) is 4.74 Å². The highest BCUT2D eigenvalue weighted by atomic mass is 16.6. The van der Waals surface area contributed by atoms with Crippen LogP contribution in [0.1, 0.15) is 25.3 Å². The third-order valence-electron chi connectivity index (χ3n) is 5.69. The second-order valence-corrected chi connectivity index (χ2v) is 7.76. The molecule has 0 saturated heterocycles. The number of para-hydroxylation sites is 1. The van der Waals surface area contributed by atoms with E-state index in [2.05, 4.69) is 10.3 Å². The Morgan fingerprint density at radius 3 is 2.87 bits per heavy atom. The minimum Gasteiger partial charge on any atom is -0.456 e. The maximum Gasteiger partial charge on any atom is 0.307 e. The quantitative estimate of drug-likeness (QED) is 0.365. The third kappa shape index (κ3) is 5.22. The number of amides is 1. The number of carbonyl (C=O) groups is 3. The lowest BCUT2D eigenvalue weighted by Crippen LogP contribution is -2.32. The first-order chi connectivity index (χ1) is 14.3. The van der Waals surface area contributed by atoms with Crippen LogP contribution in [0.15, 0.2) is 30.5 Å². The largest absolute Gasteiger partial charge is 0.456 e. The van der Waals surface area contributed by atoms with E-state index in [1.54, 1.807) is 6.92 Å². The van der Waals surface area contributed by atoms with Crippen LogP contribution < -0.4 is 5.32 Å². The highest BCUT2D eigenvalue weighted by molar-refractivity contribution is 5.88. The number of aromatic amines is 1. The first-order valence-electron chi connectivity index (χ1n) is 9.97. The molecule has 9 heteroatoms. The van der Waals surface area contributed by atoms with Gasteiger partial charge < -0.3 is 15.0 Å². The second-order valence-electron chi connectivity index (χ2n) is 7.76. The average Bonchev–Trinajstić information content (AvgIpc) is 3.22. The van der Waals surface area contributed by atoms with Crippen LogP contribution in [0.4, 0.5) is 0 Å². The Labute approximate surface area is 173 Å². The van der Waals surface area contributed by atoms with E-state index < -0.39 is 35.2 Å². The van der Waals surface area contributed by atoms with Crippen molar-refractivity contribution < 1.29 is 24.0 Å². The van der Waals surface area contributed by atoms with Crippen molar-refractivity contribution in [2.24, 2.45) is 17.8 Å². The summed E-state index contributed by atoms with van der Waals surface area (Å²) in [6.07, 6.45) is 2.52. The van der Waals surface area contributed by atoms with Crippen LogP contribution in [0, 0.1) is 27.9 Å². The van der Waals surface area contributed by atoms with Crippen LogP contribution in [0.3, 0.4) is 0 Å². The molecule has 9 nitrogen and oxygen atoms in total. The van der Waals surface area contributed by atoms with Crippen molar-refractivity contribution in [1.29, 1.82) is 0 Å². The number of nitrogens with one attached hydrogen (secondary N) is 2. The number of fused-ring (bicyclic) bond motifs is 1. The Bertz CT molecular complexity index is 953. The number of nitrogens with zero attached hydrogens (tertiary/aromatic N) is 1. The monoisotopic (exact) mass is 415 g/mol. The van der Waals surface area contributed by atoms with Gasteiger partial charge in [0, 0.05) is 46.8 Å². The first kappa shape index (κ1) is 21.5. The van der Waals surface area contributed by atoms with E-state index in [1.807, 2.05) is 30.5 Å². The van der Waals surface area contributed by atoms with E-state index in [-0.39, 0.29) is 31.1 Å². The number of ether oxygens (including phenoxy) is 1. The normalized spacial score (nSPS) is 21.0. The number of esters is 1. The van der Waals surface area contributed by atoms with Gasteiger partial charge in [-0.2, -0.15) is 0 Å². The maximum absolute atomic E-state index is 12.1. The van der Waals surface area contributed by atoms with E-state index in [1.165, 1.54) is 0 Å². The topological polar surface area (TPSA) is 131 Å². The van der Waals surface area contributed by atoms with E-state index in [0.29, 0.717) is 13.0 Å². The smallest absolute Gasteiger partial charge is 0.307 e. The van der Waals surface area contributed by atoms with Gasteiger partial charge in [-0.25, -0.2) is 0 Å². The van der Waals surface area contributed by atoms with Gasteiger partial charge in [0.15, 0.2) is 6.61 Å². The molecule has 1 aliphatic carbocycles. The number of rotatable bonds is 9. The zero-order valence-corrected chi connectivity index (χ0v) is 16.8. The van der Waals surface area contributed by atoms with Gasteiger partial charge in [0.2, 0.25) is 6.54 Å². The summed E-state index contributed by atoms with van der Waals surface area (Å²) in [6.45, 7) is 1.38. The van der Waals surface area contributed by atoms with Crippen LogP contribution in [-0.2, 0) is 25.5 Å². The minimum atomic E-state index is -0.720. The molecule has 1 amide bonds. The van der Waals surface area contributed by atoms with Crippen LogP contribution in [0.2, 0.25) is 0 Å². The molecule has 1 saturated carbocycles. The lowest BCUT2D eigenvalue weighted by molar-refractivity contribution is -0.490. The molecule has 1 aromatic heterocycles. The number of carbonyl (C=O) groups excluding carboxylic acids is 3. The predicted molar refractivity (Wildman–Crippen MR) is 108 cm³/mol. The molecule has 160 valence electrons. The molecule has 3 rings (SSSR count). The lowest BCUT2D eigenvalue weighted by Gasteiger charge is -2.17. The maximum atomic E-state index is 12.1. The molecule has 2 N–H and O–H groups in total. The molecule has 0 unspecified atom stereocenters. The number of nitro groups is 1. The number of benzene rings is 1. The number of aromatic nitrogens is 1. The van der Waals surface area contributed by atoms with Crippen molar-refractivity contribution in [3.05, 3.63) is 46.1 Å². The zero-order valence-electron chi connectivity index (χ0n) is 16.8.